The molecular formula is C72H56B2N4O. The van der Waals surface area contributed by atoms with E-state index in [2.05, 4.69) is 302 Å². The van der Waals surface area contributed by atoms with Crippen molar-refractivity contribution in [2.75, 3.05) is 19.6 Å². The zero-order valence-electron chi connectivity index (χ0n) is 44.8. The Morgan fingerprint density at radius 1 is 0.316 bits per heavy atom. The molecule has 0 aliphatic carbocycles. The second-order valence-corrected chi connectivity index (χ2v) is 22.0. The van der Waals surface area contributed by atoms with E-state index >= 15 is 0 Å². The first-order valence-corrected chi connectivity index (χ1v) is 27.9. The molecule has 12 aromatic rings. The van der Waals surface area contributed by atoms with E-state index in [1.165, 1.54) is 55.3 Å². The van der Waals surface area contributed by atoms with E-state index < -0.39 is 0 Å². The maximum atomic E-state index is 6.91. The lowest BCUT2D eigenvalue weighted by atomic mass is 9.30. The molecule has 3 aliphatic heterocycles. The highest BCUT2D eigenvalue weighted by atomic mass is 16.3. The fraction of sp³-hybridized carbons (Fsp3) is 0.0833. The van der Waals surface area contributed by atoms with Gasteiger partial charge in [-0.3, -0.25) is 0 Å². The first-order valence-electron chi connectivity index (χ1n) is 27.9. The van der Waals surface area contributed by atoms with Crippen molar-refractivity contribution in [1.82, 2.24) is 0 Å². The summed E-state index contributed by atoms with van der Waals surface area (Å²) in [5, 5.41) is 2.20. The number of fused-ring (bicyclic) bond motifs is 9. The van der Waals surface area contributed by atoms with E-state index in [4.69, 9.17) is 4.42 Å². The van der Waals surface area contributed by atoms with Gasteiger partial charge in [-0.25, -0.2) is 0 Å². The van der Waals surface area contributed by atoms with E-state index in [9.17, 15) is 0 Å². The average molecular weight is 1010 g/mol. The molecule has 376 valence electrons. The number of hydrogen-bond acceptors (Lipinski definition) is 5. The summed E-state index contributed by atoms with van der Waals surface area (Å²) in [6, 6.07) is 94.2. The Balaban J connectivity index is 1.11. The van der Waals surface area contributed by atoms with Gasteiger partial charge in [-0.2, -0.15) is 0 Å². The molecule has 3 aliphatic rings. The second-order valence-electron chi connectivity index (χ2n) is 22.0. The summed E-state index contributed by atoms with van der Waals surface area (Å²) in [5.74, 6) is 0.607. The van der Waals surface area contributed by atoms with Gasteiger partial charge in [-0.15, -0.1) is 0 Å². The monoisotopic (exact) mass is 1010 g/mol. The van der Waals surface area contributed by atoms with E-state index in [0.29, 0.717) is 11.8 Å². The molecule has 0 saturated carbocycles. The molecule has 4 heterocycles. The van der Waals surface area contributed by atoms with Crippen LogP contribution in [0.1, 0.15) is 50.7 Å². The summed E-state index contributed by atoms with van der Waals surface area (Å²) < 4.78 is 6.91. The van der Waals surface area contributed by atoms with Crippen molar-refractivity contribution in [2.24, 2.45) is 0 Å². The molecule has 0 N–H and O–H groups in total. The summed E-state index contributed by atoms with van der Waals surface area (Å²) >= 11 is 0. The standard InChI is InChI=1S/C72H56B2N4O/c1-47(2)55-36-24-37-56(48(3)4)71(55)73-59-38-21-22-39-63(59)76(51-29-14-7-15-30-51)65-46-66-61(44-60(65)73)74-62-45-70-58(57-35-20-23-40-69(57)79-70)43-64(62)77(52-31-16-8-17-32-52)67-41-54(42-68(72(67)74)78(66)53-33-18-9-19-34-53)75(49-25-10-5-11-26-49)50-27-12-6-13-28-50/h5-48H,1-4H3. The molecule has 79 heavy (non-hydrogen) atoms. The largest absolute Gasteiger partial charge is 0.456 e. The second kappa shape index (κ2) is 18.6. The molecular weight excluding hydrogens is 958 g/mol. The van der Waals surface area contributed by atoms with Crippen molar-refractivity contribution in [3.8, 4) is 0 Å². The van der Waals surface area contributed by atoms with Crippen molar-refractivity contribution in [1.29, 1.82) is 0 Å². The van der Waals surface area contributed by atoms with Crippen LogP contribution >= 0.6 is 0 Å². The Labute approximate surface area is 463 Å². The van der Waals surface area contributed by atoms with E-state index in [1.807, 2.05) is 0 Å². The van der Waals surface area contributed by atoms with Gasteiger partial charge in [0.1, 0.15) is 11.2 Å². The van der Waals surface area contributed by atoms with Crippen molar-refractivity contribution >= 4 is 136 Å². The van der Waals surface area contributed by atoms with Crippen LogP contribution in [0, 0.1) is 0 Å². The maximum absolute atomic E-state index is 6.91. The van der Waals surface area contributed by atoms with Crippen LogP contribution in [-0.2, 0) is 0 Å². The predicted molar refractivity (Wildman–Crippen MR) is 336 cm³/mol. The van der Waals surface area contributed by atoms with Crippen LogP contribution in [0.15, 0.2) is 259 Å². The van der Waals surface area contributed by atoms with Crippen LogP contribution < -0.4 is 52.4 Å². The smallest absolute Gasteiger partial charge is 0.252 e. The van der Waals surface area contributed by atoms with E-state index in [-0.39, 0.29) is 13.4 Å². The predicted octanol–water partition coefficient (Wildman–Crippen LogP) is 15.7. The van der Waals surface area contributed by atoms with Gasteiger partial charge >= 0.3 is 0 Å². The van der Waals surface area contributed by atoms with Gasteiger partial charge in [0.15, 0.2) is 0 Å². The minimum absolute atomic E-state index is 0.0621. The lowest BCUT2D eigenvalue weighted by Crippen LogP contribution is -2.64. The summed E-state index contributed by atoms with van der Waals surface area (Å²) in [7, 11) is 0. The molecule has 0 unspecified atom stereocenters. The van der Waals surface area contributed by atoms with Gasteiger partial charge in [0.25, 0.3) is 6.71 Å². The minimum Gasteiger partial charge on any atom is -0.456 e. The topological polar surface area (TPSA) is 26.1 Å². The van der Waals surface area contributed by atoms with Crippen LogP contribution in [0.4, 0.5) is 68.2 Å². The summed E-state index contributed by atoms with van der Waals surface area (Å²) in [6.07, 6.45) is 0. The number of para-hydroxylation sites is 7. The minimum atomic E-state index is -0.207. The van der Waals surface area contributed by atoms with Crippen molar-refractivity contribution in [3.05, 3.63) is 266 Å². The van der Waals surface area contributed by atoms with Crippen LogP contribution in [0.25, 0.3) is 21.9 Å². The third-order valence-corrected chi connectivity index (χ3v) is 16.8. The van der Waals surface area contributed by atoms with Gasteiger partial charge in [0.05, 0.1) is 5.69 Å². The third-order valence-electron chi connectivity index (χ3n) is 16.8. The lowest BCUT2D eigenvalue weighted by molar-refractivity contribution is 0.669. The Kier molecular flexibility index (Phi) is 11.0. The number of rotatable bonds is 9. The van der Waals surface area contributed by atoms with Crippen molar-refractivity contribution in [3.63, 3.8) is 0 Å². The van der Waals surface area contributed by atoms with Crippen molar-refractivity contribution in [2.45, 2.75) is 39.5 Å². The van der Waals surface area contributed by atoms with E-state index in [1.54, 1.807) is 0 Å². The molecule has 5 nitrogen and oxygen atoms in total. The number of benzene rings is 11. The normalized spacial score (nSPS) is 13.2. The highest BCUT2D eigenvalue weighted by Gasteiger charge is 2.47. The Bertz CT molecular complexity index is 4230. The Morgan fingerprint density at radius 2 is 0.759 bits per heavy atom. The highest BCUT2D eigenvalue weighted by molar-refractivity contribution is 7.02. The number of hydrogen-bond donors (Lipinski definition) is 0. The molecule has 7 heteroatoms. The summed E-state index contributed by atoms with van der Waals surface area (Å²) in [4.78, 5) is 10.0. The number of furan rings is 1. The van der Waals surface area contributed by atoms with Gasteiger partial charge in [-0.1, -0.05) is 185 Å². The molecule has 0 amide bonds. The average Bonchev–Trinajstić information content (AvgIpc) is 3.97. The van der Waals surface area contributed by atoms with Gasteiger partial charge in [-0.05, 0) is 153 Å². The third kappa shape index (κ3) is 7.40. The maximum Gasteiger partial charge on any atom is 0.252 e. The van der Waals surface area contributed by atoms with Crippen LogP contribution in [0.5, 0.6) is 0 Å². The first kappa shape index (κ1) is 46.8. The molecule has 1 aromatic heterocycles. The van der Waals surface area contributed by atoms with Crippen LogP contribution in [0.2, 0.25) is 0 Å². The van der Waals surface area contributed by atoms with Crippen LogP contribution in [0.3, 0.4) is 0 Å². The fourth-order valence-corrected chi connectivity index (χ4v) is 13.5. The molecule has 0 radical (unpaired) electrons. The SMILES string of the molecule is CC(C)c1cccc(C(C)C)c1B1c2ccccc2N(c2ccccc2)c2cc3c(cc21)B1c2cc4oc5ccccc5c4cc2N(c2ccccc2)c2cc(N(c4ccccc4)c4ccccc4)cc(c21)N3c1ccccc1. The molecule has 0 bridgehead atoms. The van der Waals surface area contributed by atoms with E-state index in [0.717, 1.165) is 78.8 Å². The number of anilines is 12. The highest BCUT2D eigenvalue weighted by Crippen LogP contribution is 2.50. The van der Waals surface area contributed by atoms with Gasteiger partial charge in [0.2, 0.25) is 6.71 Å². The molecule has 0 spiro atoms. The molecule has 15 rings (SSSR count). The Morgan fingerprint density at radius 3 is 1.30 bits per heavy atom. The Hall–Kier alpha value is -9.45. The molecule has 11 aromatic carbocycles. The van der Waals surface area contributed by atoms with Crippen LogP contribution in [-0.4, -0.2) is 13.4 Å². The quantitative estimate of drug-likeness (QED) is 0.134. The summed E-state index contributed by atoms with van der Waals surface area (Å²) in [5.41, 5.74) is 25.7. The van der Waals surface area contributed by atoms with Gasteiger partial charge in [0, 0.05) is 73.3 Å². The summed E-state index contributed by atoms with van der Waals surface area (Å²) in [6.45, 7) is 9.17. The van der Waals surface area contributed by atoms with Crippen molar-refractivity contribution < 1.29 is 4.42 Å². The zero-order chi connectivity index (χ0) is 52.9. The van der Waals surface area contributed by atoms with Gasteiger partial charge < -0.3 is 24.0 Å². The molecule has 0 fully saturated rings. The fourth-order valence-electron chi connectivity index (χ4n) is 13.5. The lowest BCUT2D eigenvalue weighted by Gasteiger charge is -2.46. The molecule has 0 atom stereocenters. The zero-order valence-corrected chi connectivity index (χ0v) is 44.8. The number of nitrogens with zero attached hydrogens (tertiary/aromatic N) is 4. The first-order chi connectivity index (χ1) is 38.9. The molecule has 0 saturated heterocycles.